The normalized spacial score (nSPS) is 14.6. The first kappa shape index (κ1) is 13.0. The lowest BCUT2D eigenvalue weighted by Crippen LogP contribution is -2.30. The largest absolute Gasteiger partial charge is 0.503 e. The number of nitrogens with zero attached hydrogens (tertiary/aromatic N) is 3. The fourth-order valence-corrected chi connectivity index (χ4v) is 2.43. The van der Waals surface area contributed by atoms with E-state index < -0.39 is 0 Å². The van der Waals surface area contributed by atoms with Gasteiger partial charge in [0.25, 0.3) is 0 Å². The summed E-state index contributed by atoms with van der Waals surface area (Å²) in [5.74, 6) is -0.0292. The van der Waals surface area contributed by atoms with Crippen molar-refractivity contribution < 1.29 is 9.84 Å². The van der Waals surface area contributed by atoms with Gasteiger partial charge >= 0.3 is 0 Å². The Morgan fingerprint density at radius 3 is 2.42 bits per heavy atom. The second kappa shape index (κ2) is 5.49. The molecule has 5 nitrogen and oxygen atoms in total. The molecule has 5 heteroatoms. The van der Waals surface area contributed by atoms with Crippen LogP contribution in [-0.2, 0) is 0 Å². The second-order valence-corrected chi connectivity index (χ2v) is 4.47. The fraction of sp³-hybridized carbons (Fsp3) is 0.429. The minimum atomic E-state index is -0.190. The molecule has 0 atom stereocenters. The molecule has 0 bridgehead atoms. The van der Waals surface area contributed by atoms with Crippen molar-refractivity contribution in [3.05, 3.63) is 17.2 Å². The molecule has 19 heavy (non-hydrogen) atoms. The third-order valence-corrected chi connectivity index (χ3v) is 3.36. The van der Waals surface area contributed by atoms with Crippen LogP contribution in [0.1, 0.15) is 30.4 Å². The minimum Gasteiger partial charge on any atom is -0.503 e. The topological polar surface area (TPSA) is 80.3 Å². The van der Waals surface area contributed by atoms with E-state index in [0.29, 0.717) is 11.3 Å². The van der Waals surface area contributed by atoms with Crippen LogP contribution in [0.4, 0.5) is 5.69 Å². The second-order valence-electron chi connectivity index (χ2n) is 4.47. The molecule has 1 N–H and O–H groups in total. The predicted octanol–water partition coefficient (Wildman–Crippen LogP) is 2.13. The molecule has 0 amide bonds. The number of hydrogen-bond donors (Lipinski definition) is 1. The first-order valence-corrected chi connectivity index (χ1v) is 6.22. The summed E-state index contributed by atoms with van der Waals surface area (Å²) in [5, 5.41) is 28.6. The van der Waals surface area contributed by atoms with Crippen LogP contribution in [0.5, 0.6) is 11.5 Å². The molecule has 0 saturated carbocycles. The Labute approximate surface area is 112 Å². The number of piperidine rings is 1. The maximum atomic E-state index is 10.0. The van der Waals surface area contributed by atoms with Gasteiger partial charge in [0, 0.05) is 19.2 Å². The number of ether oxygens (including phenoxy) is 1. The number of aromatic hydroxyl groups is 1. The highest BCUT2D eigenvalue weighted by Crippen LogP contribution is 2.40. The molecule has 1 aliphatic rings. The van der Waals surface area contributed by atoms with Gasteiger partial charge in [-0.3, -0.25) is 0 Å². The van der Waals surface area contributed by atoms with E-state index in [1.807, 2.05) is 11.0 Å². The first-order chi connectivity index (χ1) is 9.22. The lowest BCUT2D eigenvalue weighted by molar-refractivity contribution is 0.372. The lowest BCUT2D eigenvalue weighted by Gasteiger charge is -2.30. The number of nitriles is 2. The zero-order valence-corrected chi connectivity index (χ0v) is 10.8. The van der Waals surface area contributed by atoms with Crippen molar-refractivity contribution in [3.63, 3.8) is 0 Å². The van der Waals surface area contributed by atoms with Crippen LogP contribution in [0.25, 0.3) is 0 Å². The van der Waals surface area contributed by atoms with Crippen LogP contribution < -0.4 is 9.64 Å². The molecule has 98 valence electrons. The number of anilines is 1. The molecule has 0 unspecified atom stereocenters. The Hall–Kier alpha value is -2.40. The Kier molecular flexibility index (Phi) is 3.77. The van der Waals surface area contributed by atoms with Gasteiger partial charge in [0.2, 0.25) is 0 Å². The summed E-state index contributed by atoms with van der Waals surface area (Å²) in [6.07, 6.45) is 3.22. The van der Waals surface area contributed by atoms with E-state index in [9.17, 15) is 15.6 Å². The van der Waals surface area contributed by atoms with Crippen LogP contribution in [0.15, 0.2) is 6.07 Å². The fourth-order valence-electron chi connectivity index (χ4n) is 2.43. The summed E-state index contributed by atoms with van der Waals surface area (Å²) < 4.78 is 5.00. The molecular weight excluding hydrogens is 242 g/mol. The molecule has 0 radical (unpaired) electrons. The zero-order valence-electron chi connectivity index (χ0n) is 10.8. The number of hydrogen-bond acceptors (Lipinski definition) is 5. The average molecular weight is 257 g/mol. The molecule has 1 aliphatic heterocycles. The highest BCUT2D eigenvalue weighted by atomic mass is 16.5. The van der Waals surface area contributed by atoms with Gasteiger partial charge in [0.05, 0.1) is 18.4 Å². The molecule has 1 fully saturated rings. The maximum Gasteiger partial charge on any atom is 0.178 e. The number of benzene rings is 1. The van der Waals surface area contributed by atoms with E-state index in [0.717, 1.165) is 32.4 Å². The summed E-state index contributed by atoms with van der Waals surface area (Å²) >= 11 is 0. The first-order valence-electron chi connectivity index (χ1n) is 6.22. The third-order valence-electron chi connectivity index (χ3n) is 3.36. The molecule has 1 heterocycles. The van der Waals surface area contributed by atoms with Crippen LogP contribution >= 0.6 is 0 Å². The summed E-state index contributed by atoms with van der Waals surface area (Å²) in [6.45, 7) is 1.60. The van der Waals surface area contributed by atoms with Gasteiger partial charge in [-0.2, -0.15) is 10.5 Å². The number of methoxy groups -OCH3 is 1. The summed E-state index contributed by atoms with van der Waals surface area (Å²) in [7, 11) is 1.40. The summed E-state index contributed by atoms with van der Waals surface area (Å²) in [5.41, 5.74) is 1.02. The van der Waals surface area contributed by atoms with Crippen molar-refractivity contribution in [2.45, 2.75) is 19.3 Å². The Morgan fingerprint density at radius 1 is 1.21 bits per heavy atom. The van der Waals surface area contributed by atoms with Crippen LogP contribution in [0.3, 0.4) is 0 Å². The standard InChI is InChI=1S/C14H15N3O2/c1-19-12-7-10(8-15)13(11(9-16)14(12)18)17-5-3-2-4-6-17/h7,18H,2-6H2,1H3. The highest BCUT2D eigenvalue weighted by Gasteiger charge is 2.23. The molecular formula is C14H15N3O2. The van der Waals surface area contributed by atoms with E-state index >= 15 is 0 Å². The van der Waals surface area contributed by atoms with Gasteiger partial charge in [-0.05, 0) is 19.3 Å². The van der Waals surface area contributed by atoms with Gasteiger partial charge in [-0.25, -0.2) is 0 Å². The quantitative estimate of drug-likeness (QED) is 0.877. The summed E-state index contributed by atoms with van der Waals surface area (Å²) in [6, 6.07) is 5.56. The van der Waals surface area contributed by atoms with Gasteiger partial charge in [-0.15, -0.1) is 0 Å². The van der Waals surface area contributed by atoms with E-state index in [2.05, 4.69) is 6.07 Å². The number of phenols is 1. The van der Waals surface area contributed by atoms with Gasteiger partial charge in [-0.1, -0.05) is 0 Å². The third kappa shape index (κ3) is 2.28. The van der Waals surface area contributed by atoms with Crippen LogP contribution in [-0.4, -0.2) is 25.3 Å². The van der Waals surface area contributed by atoms with E-state index in [1.165, 1.54) is 13.2 Å². The van der Waals surface area contributed by atoms with Crippen molar-refractivity contribution in [2.24, 2.45) is 0 Å². The molecule has 1 aromatic carbocycles. The SMILES string of the molecule is COc1cc(C#N)c(N2CCCCC2)c(C#N)c1O. The van der Waals surface area contributed by atoms with E-state index in [1.54, 1.807) is 0 Å². The Bertz CT molecular complexity index is 564. The monoisotopic (exact) mass is 257 g/mol. The van der Waals surface area contributed by atoms with E-state index in [4.69, 9.17) is 4.74 Å². The van der Waals surface area contributed by atoms with Crippen molar-refractivity contribution in [1.82, 2.24) is 0 Å². The molecule has 0 aliphatic carbocycles. The average Bonchev–Trinajstić information content (AvgIpc) is 2.47. The zero-order chi connectivity index (χ0) is 13.8. The number of phenolic OH excluding ortho intramolecular Hbond substituents is 1. The van der Waals surface area contributed by atoms with Gasteiger partial charge < -0.3 is 14.7 Å². The Morgan fingerprint density at radius 2 is 1.89 bits per heavy atom. The minimum absolute atomic E-state index is 0.123. The molecule has 1 aromatic rings. The van der Waals surface area contributed by atoms with Gasteiger partial charge in [0.15, 0.2) is 11.5 Å². The lowest BCUT2D eigenvalue weighted by atomic mass is 10.0. The van der Waals surface area contributed by atoms with Crippen LogP contribution in [0, 0.1) is 22.7 Å². The van der Waals surface area contributed by atoms with Gasteiger partial charge in [0.1, 0.15) is 17.7 Å². The van der Waals surface area contributed by atoms with Crippen molar-refractivity contribution in [3.8, 4) is 23.6 Å². The Balaban J connectivity index is 2.61. The summed E-state index contributed by atoms with van der Waals surface area (Å²) in [4.78, 5) is 2.00. The van der Waals surface area contributed by atoms with E-state index in [-0.39, 0.29) is 17.1 Å². The molecule has 0 aromatic heterocycles. The predicted molar refractivity (Wildman–Crippen MR) is 70.2 cm³/mol. The molecule has 0 spiro atoms. The molecule has 2 rings (SSSR count). The van der Waals surface area contributed by atoms with Crippen molar-refractivity contribution in [2.75, 3.05) is 25.1 Å². The highest BCUT2D eigenvalue weighted by molar-refractivity contribution is 5.75. The van der Waals surface area contributed by atoms with Crippen LogP contribution in [0.2, 0.25) is 0 Å². The van der Waals surface area contributed by atoms with Crippen molar-refractivity contribution in [1.29, 1.82) is 10.5 Å². The smallest absolute Gasteiger partial charge is 0.178 e. The number of rotatable bonds is 2. The van der Waals surface area contributed by atoms with Crippen molar-refractivity contribution >= 4 is 5.69 Å². The molecule has 1 saturated heterocycles. The maximum absolute atomic E-state index is 10.0.